The number of hydrogen-bond acceptors (Lipinski definition) is 1. The Morgan fingerprint density at radius 2 is 1.85 bits per heavy atom. The standard InChI is InChI=1S/C10H12S.C2H6/c1-2-7-10-9(5-1)6-3-4-8-11-10;1-2/h1-2,5,7H,3-4,6,8H2;1-2H3. The number of rotatable bonds is 0. The first-order chi connectivity index (χ1) is 6.47. The van der Waals surface area contributed by atoms with Gasteiger partial charge in [0, 0.05) is 4.90 Å². The largest absolute Gasteiger partial charge is 0.126 e. The third-order valence-electron chi connectivity index (χ3n) is 2.07. The summed E-state index contributed by atoms with van der Waals surface area (Å²) >= 11 is 2.01. The monoisotopic (exact) mass is 194 g/mol. The Labute approximate surface area is 85.7 Å². The van der Waals surface area contributed by atoms with Gasteiger partial charge in [-0.15, -0.1) is 11.8 Å². The molecule has 0 unspecified atom stereocenters. The van der Waals surface area contributed by atoms with Crippen LogP contribution in [0.4, 0.5) is 0 Å². The summed E-state index contributed by atoms with van der Waals surface area (Å²) in [6, 6.07) is 8.78. The normalized spacial score (nSPS) is 14.9. The summed E-state index contributed by atoms with van der Waals surface area (Å²) in [5.74, 6) is 1.30. The van der Waals surface area contributed by atoms with Crippen LogP contribution in [0.15, 0.2) is 29.2 Å². The van der Waals surface area contributed by atoms with Gasteiger partial charge in [-0.3, -0.25) is 0 Å². The maximum atomic E-state index is 2.26. The molecule has 0 aromatic heterocycles. The molecule has 0 spiro atoms. The highest BCUT2D eigenvalue weighted by Gasteiger charge is 2.05. The van der Waals surface area contributed by atoms with Gasteiger partial charge in [0.25, 0.3) is 0 Å². The molecule has 0 fully saturated rings. The third-order valence-corrected chi connectivity index (χ3v) is 3.27. The smallest absolute Gasteiger partial charge is 0.0104 e. The van der Waals surface area contributed by atoms with Crippen molar-refractivity contribution >= 4 is 11.8 Å². The molecule has 1 heteroatoms. The van der Waals surface area contributed by atoms with Crippen LogP contribution < -0.4 is 0 Å². The average molecular weight is 194 g/mol. The van der Waals surface area contributed by atoms with Crippen LogP contribution in [0, 0.1) is 0 Å². The summed E-state index contributed by atoms with van der Waals surface area (Å²) in [6.45, 7) is 4.00. The maximum absolute atomic E-state index is 2.26. The molecule has 0 saturated heterocycles. The van der Waals surface area contributed by atoms with E-state index in [1.807, 2.05) is 25.6 Å². The first-order valence-electron chi connectivity index (χ1n) is 5.17. The fourth-order valence-corrected chi connectivity index (χ4v) is 2.55. The van der Waals surface area contributed by atoms with Crippen LogP contribution in [-0.4, -0.2) is 5.75 Å². The molecule has 13 heavy (non-hydrogen) atoms. The lowest BCUT2D eigenvalue weighted by Gasteiger charge is -2.01. The molecule has 1 aliphatic heterocycles. The highest BCUT2D eigenvalue weighted by Crippen LogP contribution is 2.28. The van der Waals surface area contributed by atoms with E-state index in [2.05, 4.69) is 24.3 Å². The van der Waals surface area contributed by atoms with Gasteiger partial charge in [-0.1, -0.05) is 32.0 Å². The molecular weight excluding hydrogens is 176 g/mol. The van der Waals surface area contributed by atoms with Crippen molar-refractivity contribution in [2.75, 3.05) is 5.75 Å². The lowest BCUT2D eigenvalue weighted by molar-refractivity contribution is 0.804. The van der Waals surface area contributed by atoms with Gasteiger partial charge in [0.2, 0.25) is 0 Å². The molecule has 0 radical (unpaired) electrons. The lowest BCUT2D eigenvalue weighted by atomic mass is 10.1. The molecule has 0 amide bonds. The molecule has 1 aromatic carbocycles. The minimum absolute atomic E-state index is 1.28. The number of aryl methyl sites for hydroxylation is 1. The van der Waals surface area contributed by atoms with E-state index in [0.717, 1.165) is 0 Å². The Morgan fingerprint density at radius 1 is 1.08 bits per heavy atom. The van der Waals surface area contributed by atoms with Crippen LogP contribution >= 0.6 is 11.8 Å². The first-order valence-corrected chi connectivity index (χ1v) is 6.16. The van der Waals surface area contributed by atoms with E-state index in [4.69, 9.17) is 0 Å². The lowest BCUT2D eigenvalue weighted by Crippen LogP contribution is -1.83. The van der Waals surface area contributed by atoms with E-state index in [1.54, 1.807) is 5.56 Å². The second kappa shape index (κ2) is 6.09. The zero-order valence-corrected chi connectivity index (χ0v) is 9.36. The van der Waals surface area contributed by atoms with E-state index >= 15 is 0 Å². The molecule has 0 nitrogen and oxygen atoms in total. The zero-order valence-electron chi connectivity index (χ0n) is 8.55. The van der Waals surface area contributed by atoms with E-state index in [1.165, 1.54) is 29.9 Å². The van der Waals surface area contributed by atoms with Crippen molar-refractivity contribution in [2.45, 2.75) is 38.0 Å². The van der Waals surface area contributed by atoms with Gasteiger partial charge in [0.1, 0.15) is 0 Å². The number of benzene rings is 1. The Kier molecular flexibility index (Phi) is 4.99. The molecule has 1 heterocycles. The van der Waals surface area contributed by atoms with Crippen molar-refractivity contribution in [1.29, 1.82) is 0 Å². The third kappa shape index (κ3) is 3.07. The highest BCUT2D eigenvalue weighted by atomic mass is 32.2. The zero-order chi connectivity index (χ0) is 9.52. The topological polar surface area (TPSA) is 0 Å². The summed E-state index contributed by atoms with van der Waals surface area (Å²) < 4.78 is 0. The van der Waals surface area contributed by atoms with Crippen molar-refractivity contribution in [1.82, 2.24) is 0 Å². The van der Waals surface area contributed by atoms with Crippen molar-refractivity contribution in [3.8, 4) is 0 Å². The van der Waals surface area contributed by atoms with E-state index in [-0.39, 0.29) is 0 Å². The van der Waals surface area contributed by atoms with Gasteiger partial charge in [0.05, 0.1) is 0 Å². The second-order valence-corrected chi connectivity index (χ2v) is 4.05. The Hall–Kier alpha value is -0.430. The van der Waals surface area contributed by atoms with Crippen LogP contribution in [0.1, 0.15) is 32.3 Å². The van der Waals surface area contributed by atoms with Crippen molar-refractivity contribution in [3.05, 3.63) is 29.8 Å². The van der Waals surface area contributed by atoms with Crippen LogP contribution in [0.2, 0.25) is 0 Å². The quantitative estimate of drug-likeness (QED) is 0.598. The number of fused-ring (bicyclic) bond motifs is 1. The molecule has 0 aliphatic carbocycles. The fraction of sp³-hybridized carbons (Fsp3) is 0.500. The summed E-state index contributed by atoms with van der Waals surface area (Å²) in [4.78, 5) is 1.50. The van der Waals surface area contributed by atoms with Crippen LogP contribution in [0.5, 0.6) is 0 Å². The fourth-order valence-electron chi connectivity index (χ4n) is 1.45. The molecular formula is C12H18S. The van der Waals surface area contributed by atoms with Gasteiger partial charge >= 0.3 is 0 Å². The summed E-state index contributed by atoms with van der Waals surface area (Å²) in [6.07, 6.45) is 4.02. The SMILES string of the molecule is CC.c1ccc2c(c1)CCCCS2. The molecule has 1 aliphatic rings. The van der Waals surface area contributed by atoms with Crippen molar-refractivity contribution in [3.63, 3.8) is 0 Å². The average Bonchev–Trinajstić information content (AvgIpc) is 2.45. The minimum atomic E-state index is 1.28. The highest BCUT2D eigenvalue weighted by molar-refractivity contribution is 7.99. The minimum Gasteiger partial charge on any atom is -0.126 e. The van der Waals surface area contributed by atoms with E-state index < -0.39 is 0 Å². The van der Waals surface area contributed by atoms with Gasteiger partial charge in [-0.05, 0) is 36.6 Å². The second-order valence-electron chi connectivity index (χ2n) is 2.91. The van der Waals surface area contributed by atoms with Crippen LogP contribution in [0.25, 0.3) is 0 Å². The summed E-state index contributed by atoms with van der Waals surface area (Å²) in [7, 11) is 0. The van der Waals surface area contributed by atoms with Gasteiger partial charge in [0.15, 0.2) is 0 Å². The molecule has 0 atom stereocenters. The molecule has 0 bridgehead atoms. The first kappa shape index (κ1) is 10.6. The molecule has 0 N–H and O–H groups in total. The molecule has 72 valence electrons. The van der Waals surface area contributed by atoms with Crippen molar-refractivity contribution < 1.29 is 0 Å². The predicted molar refractivity (Wildman–Crippen MR) is 61.5 cm³/mol. The van der Waals surface area contributed by atoms with Crippen LogP contribution in [-0.2, 0) is 6.42 Å². The predicted octanol–water partition coefficient (Wildman–Crippen LogP) is 4.14. The molecule has 1 aromatic rings. The number of hydrogen-bond donors (Lipinski definition) is 0. The van der Waals surface area contributed by atoms with E-state index in [0.29, 0.717) is 0 Å². The molecule has 0 saturated carbocycles. The maximum Gasteiger partial charge on any atom is 0.0104 e. The van der Waals surface area contributed by atoms with Crippen molar-refractivity contribution in [2.24, 2.45) is 0 Å². The van der Waals surface area contributed by atoms with E-state index in [9.17, 15) is 0 Å². The Morgan fingerprint density at radius 3 is 2.69 bits per heavy atom. The van der Waals surface area contributed by atoms with Crippen LogP contribution in [0.3, 0.4) is 0 Å². The summed E-state index contributed by atoms with van der Waals surface area (Å²) in [5.41, 5.74) is 1.55. The molecule has 2 rings (SSSR count). The van der Waals surface area contributed by atoms with Gasteiger partial charge < -0.3 is 0 Å². The Balaban J connectivity index is 0.000000396. The summed E-state index contributed by atoms with van der Waals surface area (Å²) in [5, 5.41) is 0. The van der Waals surface area contributed by atoms with Gasteiger partial charge in [-0.2, -0.15) is 0 Å². The Bertz CT molecular complexity index is 218. The number of thioether (sulfide) groups is 1. The van der Waals surface area contributed by atoms with Gasteiger partial charge in [-0.25, -0.2) is 0 Å².